The molecule has 0 radical (unpaired) electrons. The van der Waals surface area contributed by atoms with Crippen molar-refractivity contribution < 1.29 is 18.3 Å². The van der Waals surface area contributed by atoms with Crippen molar-refractivity contribution in [2.45, 2.75) is 57.6 Å². The van der Waals surface area contributed by atoms with Crippen molar-refractivity contribution in [1.82, 2.24) is 14.8 Å². The minimum atomic E-state index is -0.729. The van der Waals surface area contributed by atoms with Crippen molar-refractivity contribution in [2.75, 3.05) is 26.2 Å². The van der Waals surface area contributed by atoms with Crippen molar-refractivity contribution in [3.63, 3.8) is 0 Å². The molecule has 5 rings (SSSR count). The maximum absolute atomic E-state index is 14.9. The molecule has 200 valence electrons. The van der Waals surface area contributed by atoms with Crippen LogP contribution >= 0.6 is 11.6 Å². The van der Waals surface area contributed by atoms with E-state index in [0.717, 1.165) is 17.3 Å². The molecule has 6 nitrogen and oxygen atoms in total. The number of benzene rings is 1. The molecule has 1 aromatic carbocycles. The number of likely N-dealkylation sites (tertiary alicyclic amines) is 2. The number of halogens is 3. The van der Waals surface area contributed by atoms with E-state index in [0.29, 0.717) is 61.1 Å². The molecular formula is C29H31ClF2N4O2. The van der Waals surface area contributed by atoms with E-state index in [1.807, 2.05) is 11.8 Å². The molecule has 2 fully saturated rings. The van der Waals surface area contributed by atoms with Crippen LogP contribution in [0.1, 0.15) is 62.0 Å². The predicted octanol–water partition coefficient (Wildman–Crippen LogP) is 5.90. The highest BCUT2D eigenvalue weighted by molar-refractivity contribution is 6.31. The van der Waals surface area contributed by atoms with Crippen LogP contribution in [0.3, 0.4) is 0 Å². The summed E-state index contributed by atoms with van der Waals surface area (Å²) in [6.07, 6.45) is 2.38. The molecule has 0 unspecified atom stereocenters. The number of pyridine rings is 1. The predicted molar refractivity (Wildman–Crippen MR) is 141 cm³/mol. The average molecular weight is 541 g/mol. The first kappa shape index (κ1) is 26.6. The summed E-state index contributed by atoms with van der Waals surface area (Å²) >= 11 is 6.32. The zero-order valence-electron chi connectivity index (χ0n) is 22.0. The van der Waals surface area contributed by atoms with Gasteiger partial charge in [-0.1, -0.05) is 17.7 Å². The fraction of sp³-hybridized carbons (Fsp3) is 0.483. The number of aryl methyl sites for hydroxylation is 1. The van der Waals surface area contributed by atoms with Crippen LogP contribution in [0.5, 0.6) is 0 Å². The lowest BCUT2D eigenvalue weighted by Crippen LogP contribution is -2.48. The number of fused-ring (bicyclic) bond motifs is 2. The van der Waals surface area contributed by atoms with Gasteiger partial charge in [0, 0.05) is 62.1 Å². The van der Waals surface area contributed by atoms with Crippen LogP contribution in [-0.4, -0.2) is 52.4 Å². The number of aromatic nitrogens is 1. The zero-order chi connectivity index (χ0) is 27.4. The van der Waals surface area contributed by atoms with Gasteiger partial charge in [0.25, 0.3) is 0 Å². The zero-order valence-corrected chi connectivity index (χ0v) is 22.8. The number of carbonyl (C=O) groups excluding carboxylic acids is 1. The van der Waals surface area contributed by atoms with E-state index in [4.69, 9.17) is 27.9 Å². The summed E-state index contributed by atoms with van der Waals surface area (Å²) < 4.78 is 34.9. The molecule has 2 aromatic rings. The Morgan fingerprint density at radius 3 is 2.58 bits per heavy atom. The number of hydrogen-bond donors (Lipinski definition) is 0. The summed E-state index contributed by atoms with van der Waals surface area (Å²) in [5.41, 5.74) is 1.62. The number of rotatable bonds is 2. The van der Waals surface area contributed by atoms with Crippen molar-refractivity contribution in [3.8, 4) is 0 Å². The second kappa shape index (κ2) is 9.62. The molecule has 38 heavy (non-hydrogen) atoms. The summed E-state index contributed by atoms with van der Waals surface area (Å²) in [4.78, 5) is 26.1. The van der Waals surface area contributed by atoms with E-state index in [2.05, 4.69) is 30.5 Å². The number of hydrogen-bond acceptors (Lipinski definition) is 4. The maximum atomic E-state index is 14.9. The molecule has 3 aliphatic heterocycles. The molecule has 1 aromatic heterocycles. The molecule has 2 atom stereocenters. The molecule has 4 heterocycles. The third-order valence-corrected chi connectivity index (χ3v) is 8.55. The van der Waals surface area contributed by atoms with Crippen molar-refractivity contribution >= 4 is 23.3 Å². The van der Waals surface area contributed by atoms with Gasteiger partial charge in [-0.2, -0.15) is 0 Å². The minimum absolute atomic E-state index is 0.0317. The van der Waals surface area contributed by atoms with E-state index < -0.39 is 23.2 Å². The first-order valence-electron chi connectivity index (χ1n) is 12.9. The lowest BCUT2D eigenvalue weighted by molar-refractivity contribution is -0.139. The van der Waals surface area contributed by atoms with Crippen LogP contribution in [0.15, 0.2) is 30.5 Å². The van der Waals surface area contributed by atoms with Gasteiger partial charge in [0.1, 0.15) is 17.4 Å². The van der Waals surface area contributed by atoms with Gasteiger partial charge in [-0.25, -0.2) is 13.6 Å². The number of ether oxygens (including phenoxy) is 1. The Balaban J connectivity index is 1.40. The Hall–Kier alpha value is -3.02. The highest BCUT2D eigenvalue weighted by Gasteiger charge is 2.50. The Labute approximate surface area is 227 Å². The van der Waals surface area contributed by atoms with E-state index in [1.165, 1.54) is 18.3 Å². The second-order valence-corrected chi connectivity index (χ2v) is 11.9. The van der Waals surface area contributed by atoms with Gasteiger partial charge in [-0.05, 0) is 45.4 Å². The van der Waals surface area contributed by atoms with Crippen LogP contribution in [0, 0.1) is 31.0 Å². The van der Waals surface area contributed by atoms with Crippen LogP contribution < -0.4 is 0 Å². The summed E-state index contributed by atoms with van der Waals surface area (Å²) in [5, 5.41) is 0.511. The van der Waals surface area contributed by atoms with E-state index in [1.54, 1.807) is 6.07 Å². The van der Waals surface area contributed by atoms with Gasteiger partial charge in [0.05, 0.1) is 28.9 Å². The van der Waals surface area contributed by atoms with Gasteiger partial charge in [0.2, 0.25) is 5.91 Å². The molecule has 1 amide bonds. The number of nitrogens with zero attached hydrogens (tertiary/aromatic N) is 4. The number of amides is 1. The van der Waals surface area contributed by atoms with Crippen molar-refractivity contribution in [3.05, 3.63) is 81.1 Å². The smallest absolute Gasteiger partial charge is 0.227 e. The SMILES string of the molecule is [C-]#[N+]/C=C1/OC2(CCN(C(=O)[C@@H]3CN(C(C)(C)C)C[C@H]3c3ccc(F)cc3F)CC2)c2nc(C)c(Cl)cc21. The van der Waals surface area contributed by atoms with Crippen LogP contribution in [0.4, 0.5) is 8.78 Å². The quantitative estimate of drug-likeness (QED) is 0.445. The Morgan fingerprint density at radius 2 is 1.95 bits per heavy atom. The maximum Gasteiger partial charge on any atom is 0.227 e. The number of piperidine rings is 1. The largest absolute Gasteiger partial charge is 0.492 e. The number of carbonyl (C=O) groups is 1. The molecule has 0 N–H and O–H groups in total. The summed E-state index contributed by atoms with van der Waals surface area (Å²) in [5.74, 6) is -1.65. The standard InChI is InChI=1S/C29H31ClF2N4O2/c1-17-23(30)13-20-25(14-33-5)38-29(26(20)34-17)8-10-35(11-9-29)27(37)22-16-36(28(2,3)4)15-21(22)19-7-6-18(31)12-24(19)32/h6-7,12-14,21-22H,8-11,15-16H2,1-4H3/b25-14+/t21-,22+/m0/s1. The second-order valence-electron chi connectivity index (χ2n) is 11.5. The monoisotopic (exact) mass is 540 g/mol. The van der Waals surface area contributed by atoms with Crippen molar-refractivity contribution in [1.29, 1.82) is 0 Å². The van der Waals surface area contributed by atoms with Gasteiger partial charge in [-0.15, -0.1) is 0 Å². The van der Waals surface area contributed by atoms with Gasteiger partial charge in [0.15, 0.2) is 11.8 Å². The topological polar surface area (TPSA) is 50.0 Å². The molecule has 0 aliphatic carbocycles. The highest BCUT2D eigenvalue weighted by atomic mass is 35.5. The molecule has 3 aliphatic rings. The first-order chi connectivity index (χ1) is 17.9. The summed E-state index contributed by atoms with van der Waals surface area (Å²) in [6.45, 7) is 17.2. The lowest BCUT2D eigenvalue weighted by atomic mass is 9.84. The fourth-order valence-corrected chi connectivity index (χ4v) is 6.12. The molecule has 9 heteroatoms. The molecular weight excluding hydrogens is 510 g/mol. The molecule has 0 saturated carbocycles. The van der Waals surface area contributed by atoms with Crippen LogP contribution in [-0.2, 0) is 15.1 Å². The molecule has 2 saturated heterocycles. The Kier molecular flexibility index (Phi) is 6.73. The molecule has 1 spiro atoms. The normalized spacial score (nSPS) is 23.9. The third-order valence-electron chi connectivity index (χ3n) is 8.17. The third kappa shape index (κ3) is 4.56. The van der Waals surface area contributed by atoms with Gasteiger partial charge in [-0.3, -0.25) is 14.7 Å². The van der Waals surface area contributed by atoms with Gasteiger partial charge >= 0.3 is 0 Å². The van der Waals surface area contributed by atoms with E-state index >= 15 is 0 Å². The molecule has 0 bridgehead atoms. The Morgan fingerprint density at radius 1 is 1.24 bits per heavy atom. The summed E-state index contributed by atoms with van der Waals surface area (Å²) in [6, 6.07) is 5.42. The van der Waals surface area contributed by atoms with E-state index in [9.17, 15) is 13.6 Å². The van der Waals surface area contributed by atoms with Crippen molar-refractivity contribution in [2.24, 2.45) is 5.92 Å². The van der Waals surface area contributed by atoms with Gasteiger partial charge < -0.3 is 9.64 Å². The Bertz CT molecular complexity index is 1360. The van der Waals surface area contributed by atoms with Crippen LogP contribution in [0.25, 0.3) is 10.6 Å². The average Bonchev–Trinajstić information content (AvgIpc) is 3.41. The highest BCUT2D eigenvalue weighted by Crippen LogP contribution is 2.49. The minimum Gasteiger partial charge on any atom is -0.492 e. The first-order valence-corrected chi connectivity index (χ1v) is 13.2. The van der Waals surface area contributed by atoms with E-state index in [-0.39, 0.29) is 17.4 Å². The lowest BCUT2D eigenvalue weighted by Gasteiger charge is -2.40. The summed E-state index contributed by atoms with van der Waals surface area (Å²) in [7, 11) is 0. The fourth-order valence-electron chi connectivity index (χ4n) is 5.97. The van der Waals surface area contributed by atoms with Crippen LogP contribution in [0.2, 0.25) is 5.02 Å².